The Morgan fingerprint density at radius 1 is 0.909 bits per heavy atom. The van der Waals surface area contributed by atoms with E-state index in [1.807, 2.05) is 24.3 Å². The van der Waals surface area contributed by atoms with E-state index in [0.29, 0.717) is 12.1 Å². The highest BCUT2D eigenvalue weighted by molar-refractivity contribution is 5.94. The molecule has 0 aliphatic carbocycles. The lowest BCUT2D eigenvalue weighted by Gasteiger charge is -2.10. The maximum absolute atomic E-state index is 12.0. The average Bonchev–Trinajstić information content (AvgIpc) is 2.55. The van der Waals surface area contributed by atoms with Crippen molar-refractivity contribution in [1.82, 2.24) is 10.9 Å². The minimum Gasteiger partial charge on any atom is -0.508 e. The van der Waals surface area contributed by atoms with Crippen LogP contribution < -0.4 is 10.9 Å². The lowest BCUT2D eigenvalue weighted by Crippen LogP contribution is -2.36. The highest BCUT2D eigenvalue weighted by atomic mass is 16.3. The molecule has 22 heavy (non-hydrogen) atoms. The van der Waals surface area contributed by atoms with Crippen molar-refractivity contribution in [2.75, 3.05) is 0 Å². The Morgan fingerprint density at radius 2 is 1.64 bits per heavy atom. The quantitative estimate of drug-likeness (QED) is 0.648. The first-order valence-electron chi connectivity index (χ1n) is 7.03. The van der Waals surface area contributed by atoms with Crippen molar-refractivity contribution in [3.05, 3.63) is 77.9 Å². The smallest absolute Gasteiger partial charge is 0.265 e. The molecule has 3 aromatic rings. The Balaban J connectivity index is 1.65. The summed E-state index contributed by atoms with van der Waals surface area (Å²) >= 11 is 0. The van der Waals surface area contributed by atoms with Crippen molar-refractivity contribution in [3.63, 3.8) is 0 Å². The molecule has 0 spiro atoms. The van der Waals surface area contributed by atoms with Gasteiger partial charge in [-0.1, -0.05) is 42.5 Å². The second-order valence-corrected chi connectivity index (χ2v) is 4.99. The van der Waals surface area contributed by atoms with E-state index in [0.717, 1.165) is 10.9 Å². The molecule has 0 saturated carbocycles. The highest BCUT2D eigenvalue weighted by Crippen LogP contribution is 2.18. The number of hydrogen-bond acceptors (Lipinski definition) is 3. The Bertz CT molecular complexity index is 792. The number of benzene rings is 3. The van der Waals surface area contributed by atoms with Crippen LogP contribution in [0.15, 0.2) is 66.7 Å². The molecule has 1 amide bonds. The predicted octanol–water partition coefficient (Wildman–Crippen LogP) is 2.98. The summed E-state index contributed by atoms with van der Waals surface area (Å²) in [5, 5.41) is 11.6. The summed E-state index contributed by atoms with van der Waals surface area (Å²) in [5.74, 6) is -0.0968. The fraction of sp³-hybridized carbons (Fsp3) is 0.0556. The first-order valence-corrected chi connectivity index (χ1v) is 7.03. The van der Waals surface area contributed by atoms with Gasteiger partial charge in [-0.2, -0.15) is 0 Å². The standard InChI is InChI=1S/C18H16N2O2/c21-16-10-8-14(9-11-16)18(22)20-19-12-15-6-3-5-13-4-1-2-7-17(13)15/h1-11,19,21H,12H2,(H,20,22). The Labute approximate surface area is 128 Å². The third-order valence-corrected chi connectivity index (χ3v) is 3.49. The molecular formula is C18H16N2O2. The largest absolute Gasteiger partial charge is 0.508 e. The minimum atomic E-state index is -0.236. The number of carbonyl (C=O) groups excluding carboxylic acids is 1. The number of fused-ring (bicyclic) bond motifs is 1. The van der Waals surface area contributed by atoms with Crippen molar-refractivity contribution in [2.45, 2.75) is 6.54 Å². The molecule has 4 nitrogen and oxygen atoms in total. The molecule has 0 fully saturated rings. The molecule has 3 rings (SSSR count). The van der Waals surface area contributed by atoms with E-state index in [9.17, 15) is 9.90 Å². The molecular weight excluding hydrogens is 276 g/mol. The summed E-state index contributed by atoms with van der Waals surface area (Å²) in [7, 11) is 0. The van der Waals surface area contributed by atoms with Gasteiger partial charge in [-0.25, -0.2) is 5.43 Å². The van der Waals surface area contributed by atoms with Crippen LogP contribution in [0.1, 0.15) is 15.9 Å². The SMILES string of the molecule is O=C(NNCc1cccc2ccccc12)c1ccc(O)cc1. The summed E-state index contributed by atoms with van der Waals surface area (Å²) < 4.78 is 0. The van der Waals surface area contributed by atoms with Crippen LogP contribution in [-0.2, 0) is 6.54 Å². The van der Waals surface area contributed by atoms with Crippen molar-refractivity contribution >= 4 is 16.7 Å². The molecule has 0 radical (unpaired) electrons. The number of aromatic hydroxyl groups is 1. The van der Waals surface area contributed by atoms with Crippen molar-refractivity contribution < 1.29 is 9.90 Å². The number of carbonyl (C=O) groups is 1. The molecule has 4 heteroatoms. The molecule has 0 aromatic heterocycles. The highest BCUT2D eigenvalue weighted by Gasteiger charge is 2.05. The maximum Gasteiger partial charge on any atom is 0.265 e. The molecule has 0 aliphatic rings. The molecule has 0 aliphatic heterocycles. The average molecular weight is 292 g/mol. The van der Waals surface area contributed by atoms with Gasteiger partial charge >= 0.3 is 0 Å². The summed E-state index contributed by atoms with van der Waals surface area (Å²) in [6.45, 7) is 0.533. The fourth-order valence-corrected chi connectivity index (χ4v) is 2.35. The van der Waals surface area contributed by atoms with Gasteiger partial charge in [-0.15, -0.1) is 0 Å². The zero-order chi connectivity index (χ0) is 15.4. The van der Waals surface area contributed by atoms with Gasteiger partial charge in [0.2, 0.25) is 0 Å². The van der Waals surface area contributed by atoms with Gasteiger partial charge in [0.1, 0.15) is 5.75 Å². The second-order valence-electron chi connectivity index (χ2n) is 4.99. The van der Waals surface area contributed by atoms with E-state index in [1.54, 1.807) is 12.1 Å². The molecule has 0 saturated heterocycles. The van der Waals surface area contributed by atoms with Gasteiger partial charge in [0.15, 0.2) is 0 Å². The van der Waals surface area contributed by atoms with E-state index in [-0.39, 0.29) is 11.7 Å². The number of rotatable bonds is 4. The Kier molecular flexibility index (Phi) is 4.03. The van der Waals surface area contributed by atoms with Gasteiger partial charge in [-0.3, -0.25) is 10.2 Å². The number of hydrazine groups is 1. The number of hydrogen-bond donors (Lipinski definition) is 3. The van der Waals surface area contributed by atoms with Crippen molar-refractivity contribution in [2.24, 2.45) is 0 Å². The number of phenols is 1. The summed E-state index contributed by atoms with van der Waals surface area (Å²) in [4.78, 5) is 12.0. The van der Waals surface area contributed by atoms with E-state index < -0.39 is 0 Å². The molecule has 0 unspecified atom stereocenters. The molecule has 0 heterocycles. The summed E-state index contributed by atoms with van der Waals surface area (Å²) in [6.07, 6.45) is 0. The van der Waals surface area contributed by atoms with Crippen LogP contribution in [0.5, 0.6) is 5.75 Å². The zero-order valence-corrected chi connectivity index (χ0v) is 11.9. The normalized spacial score (nSPS) is 10.5. The maximum atomic E-state index is 12.0. The van der Waals surface area contributed by atoms with Crippen LogP contribution >= 0.6 is 0 Å². The lowest BCUT2D eigenvalue weighted by molar-refractivity contribution is 0.0932. The van der Waals surface area contributed by atoms with E-state index in [2.05, 4.69) is 29.1 Å². The van der Waals surface area contributed by atoms with E-state index >= 15 is 0 Å². The molecule has 3 aromatic carbocycles. The number of amides is 1. The van der Waals surface area contributed by atoms with Gasteiger partial charge in [-0.05, 0) is 40.6 Å². The summed E-state index contributed by atoms with van der Waals surface area (Å²) in [6, 6.07) is 20.3. The van der Waals surface area contributed by atoms with Crippen LogP contribution in [0.25, 0.3) is 10.8 Å². The predicted molar refractivity (Wildman–Crippen MR) is 86.4 cm³/mol. The minimum absolute atomic E-state index is 0.139. The first kappa shape index (κ1) is 14.1. The van der Waals surface area contributed by atoms with E-state index in [4.69, 9.17) is 0 Å². The van der Waals surface area contributed by atoms with Crippen molar-refractivity contribution in [1.29, 1.82) is 0 Å². The van der Waals surface area contributed by atoms with E-state index in [1.165, 1.54) is 17.5 Å². The number of nitrogens with one attached hydrogen (secondary N) is 2. The van der Waals surface area contributed by atoms with Crippen LogP contribution in [0.2, 0.25) is 0 Å². The van der Waals surface area contributed by atoms with Gasteiger partial charge < -0.3 is 5.11 Å². The van der Waals surface area contributed by atoms with Crippen molar-refractivity contribution in [3.8, 4) is 5.75 Å². The summed E-state index contributed by atoms with van der Waals surface area (Å²) in [5.41, 5.74) is 7.21. The Morgan fingerprint density at radius 3 is 2.45 bits per heavy atom. The topological polar surface area (TPSA) is 61.4 Å². The molecule has 110 valence electrons. The van der Waals surface area contributed by atoms with Crippen LogP contribution in [0.3, 0.4) is 0 Å². The molecule has 0 bridgehead atoms. The third kappa shape index (κ3) is 3.07. The van der Waals surface area contributed by atoms with Gasteiger partial charge in [0.25, 0.3) is 5.91 Å². The zero-order valence-electron chi connectivity index (χ0n) is 11.9. The lowest BCUT2D eigenvalue weighted by atomic mass is 10.1. The molecule has 3 N–H and O–H groups in total. The third-order valence-electron chi connectivity index (χ3n) is 3.49. The number of phenolic OH excluding ortho intramolecular Hbond substituents is 1. The van der Waals surface area contributed by atoms with Gasteiger partial charge in [0, 0.05) is 12.1 Å². The second kappa shape index (κ2) is 6.28. The van der Waals surface area contributed by atoms with Gasteiger partial charge in [0.05, 0.1) is 0 Å². The molecule has 0 atom stereocenters. The van der Waals surface area contributed by atoms with Crippen LogP contribution in [0, 0.1) is 0 Å². The van der Waals surface area contributed by atoms with Crippen LogP contribution in [0.4, 0.5) is 0 Å². The fourth-order valence-electron chi connectivity index (χ4n) is 2.35. The Hall–Kier alpha value is -2.85. The monoisotopic (exact) mass is 292 g/mol. The van der Waals surface area contributed by atoms with Crippen LogP contribution in [-0.4, -0.2) is 11.0 Å². The first-order chi connectivity index (χ1) is 10.7.